The first-order valence-electron chi connectivity index (χ1n) is 6.19. The Morgan fingerprint density at radius 1 is 1.28 bits per heavy atom. The van der Waals surface area contributed by atoms with E-state index in [1.165, 1.54) is 0 Å². The number of nitrogens with zero attached hydrogens (tertiary/aromatic N) is 3. The summed E-state index contributed by atoms with van der Waals surface area (Å²) in [7, 11) is 0. The Labute approximate surface area is 106 Å². The highest BCUT2D eigenvalue weighted by Crippen LogP contribution is 2.26. The number of fused-ring (bicyclic) bond motifs is 1. The SMILES string of the molecule is N#Cc1cc2c(nc1N(CCO)CCO)CCC2. The molecule has 0 aliphatic heterocycles. The monoisotopic (exact) mass is 247 g/mol. The molecule has 0 spiro atoms. The summed E-state index contributed by atoms with van der Waals surface area (Å²) < 4.78 is 0. The van der Waals surface area contributed by atoms with Gasteiger partial charge in [0.05, 0.1) is 18.8 Å². The predicted molar refractivity (Wildman–Crippen MR) is 67.4 cm³/mol. The smallest absolute Gasteiger partial charge is 0.146 e. The second kappa shape index (κ2) is 5.80. The van der Waals surface area contributed by atoms with E-state index in [2.05, 4.69) is 11.1 Å². The van der Waals surface area contributed by atoms with Crippen molar-refractivity contribution >= 4 is 5.82 Å². The zero-order valence-corrected chi connectivity index (χ0v) is 10.3. The molecule has 0 fully saturated rings. The summed E-state index contributed by atoms with van der Waals surface area (Å²) in [4.78, 5) is 6.30. The minimum absolute atomic E-state index is 0.0242. The van der Waals surface area contributed by atoms with Crippen LogP contribution in [-0.2, 0) is 12.8 Å². The van der Waals surface area contributed by atoms with Gasteiger partial charge in [-0.05, 0) is 30.9 Å². The van der Waals surface area contributed by atoms with Crippen LogP contribution in [0.1, 0.15) is 23.2 Å². The molecule has 1 aliphatic carbocycles. The van der Waals surface area contributed by atoms with Gasteiger partial charge in [0, 0.05) is 18.8 Å². The predicted octanol–water partition coefficient (Wildman–Crippen LogP) is 0.233. The molecule has 1 aliphatic rings. The molecule has 96 valence electrons. The van der Waals surface area contributed by atoms with E-state index >= 15 is 0 Å². The molecule has 0 amide bonds. The summed E-state index contributed by atoms with van der Waals surface area (Å²) in [5.41, 5.74) is 2.73. The molecule has 1 aromatic rings. The van der Waals surface area contributed by atoms with Crippen molar-refractivity contribution < 1.29 is 10.2 Å². The standard InChI is InChI=1S/C13H17N3O2/c14-9-11-8-10-2-1-3-12(10)15-13(11)16(4-6-17)5-7-18/h8,17-18H,1-7H2. The van der Waals surface area contributed by atoms with Crippen LogP contribution >= 0.6 is 0 Å². The summed E-state index contributed by atoms with van der Waals surface area (Å²) in [5.74, 6) is 0.584. The van der Waals surface area contributed by atoms with Gasteiger partial charge < -0.3 is 15.1 Å². The molecule has 18 heavy (non-hydrogen) atoms. The Morgan fingerprint density at radius 3 is 2.61 bits per heavy atom. The van der Waals surface area contributed by atoms with Crippen LogP contribution in [0, 0.1) is 11.3 Å². The average molecular weight is 247 g/mol. The van der Waals surface area contributed by atoms with Crippen molar-refractivity contribution in [3.8, 4) is 6.07 Å². The maximum atomic E-state index is 9.19. The maximum Gasteiger partial charge on any atom is 0.146 e. The zero-order chi connectivity index (χ0) is 13.0. The number of rotatable bonds is 5. The van der Waals surface area contributed by atoms with Crippen LogP contribution < -0.4 is 4.90 Å². The van der Waals surface area contributed by atoms with Gasteiger partial charge in [-0.3, -0.25) is 0 Å². The number of pyridine rings is 1. The van der Waals surface area contributed by atoms with Gasteiger partial charge in [0.1, 0.15) is 11.9 Å². The fourth-order valence-corrected chi connectivity index (χ4v) is 2.35. The van der Waals surface area contributed by atoms with E-state index in [4.69, 9.17) is 10.2 Å². The minimum Gasteiger partial charge on any atom is -0.395 e. The zero-order valence-electron chi connectivity index (χ0n) is 10.3. The van der Waals surface area contributed by atoms with E-state index in [1.54, 1.807) is 4.90 Å². The third-order valence-corrected chi connectivity index (χ3v) is 3.19. The van der Waals surface area contributed by atoms with Crippen LogP contribution in [-0.4, -0.2) is 41.5 Å². The number of aliphatic hydroxyl groups excluding tert-OH is 2. The molecule has 0 aromatic carbocycles. The first kappa shape index (κ1) is 12.8. The summed E-state index contributed by atoms with van der Waals surface area (Å²) in [6.45, 7) is 0.704. The fraction of sp³-hybridized carbons (Fsp3) is 0.538. The molecule has 0 radical (unpaired) electrons. The third-order valence-electron chi connectivity index (χ3n) is 3.19. The van der Waals surface area contributed by atoms with Crippen LogP contribution in [0.25, 0.3) is 0 Å². The lowest BCUT2D eigenvalue weighted by Gasteiger charge is -2.23. The summed E-state index contributed by atoms with van der Waals surface area (Å²) >= 11 is 0. The number of aliphatic hydroxyl groups is 2. The number of aromatic nitrogens is 1. The molecular formula is C13H17N3O2. The van der Waals surface area contributed by atoms with Crippen LogP contribution in [0.2, 0.25) is 0 Å². The average Bonchev–Trinajstić information content (AvgIpc) is 2.84. The Kier molecular flexibility index (Phi) is 4.13. The largest absolute Gasteiger partial charge is 0.395 e. The first-order chi connectivity index (χ1) is 8.80. The van der Waals surface area contributed by atoms with Gasteiger partial charge in [-0.2, -0.15) is 5.26 Å². The third kappa shape index (κ3) is 2.45. The van der Waals surface area contributed by atoms with E-state index in [0.717, 1.165) is 30.5 Å². The molecular weight excluding hydrogens is 230 g/mol. The number of hydrogen-bond acceptors (Lipinski definition) is 5. The minimum atomic E-state index is -0.0242. The van der Waals surface area contributed by atoms with Crippen molar-refractivity contribution in [2.45, 2.75) is 19.3 Å². The van der Waals surface area contributed by atoms with Crippen molar-refractivity contribution in [2.75, 3.05) is 31.2 Å². The van der Waals surface area contributed by atoms with Crippen molar-refractivity contribution in [1.29, 1.82) is 5.26 Å². The highest BCUT2D eigenvalue weighted by molar-refractivity contribution is 5.56. The molecule has 1 heterocycles. The van der Waals surface area contributed by atoms with Crippen molar-refractivity contribution in [3.63, 3.8) is 0 Å². The Hall–Kier alpha value is -1.64. The molecule has 1 aromatic heterocycles. The molecule has 0 saturated heterocycles. The van der Waals surface area contributed by atoms with Gasteiger partial charge in [-0.1, -0.05) is 0 Å². The number of anilines is 1. The second-order valence-electron chi connectivity index (χ2n) is 4.36. The normalized spacial score (nSPS) is 13.2. The molecule has 0 atom stereocenters. The van der Waals surface area contributed by atoms with E-state index in [1.807, 2.05) is 6.07 Å². The molecule has 5 heteroatoms. The Bertz CT molecular complexity index is 462. The number of hydrogen-bond donors (Lipinski definition) is 2. The molecule has 0 saturated carbocycles. The Morgan fingerprint density at radius 2 is 2.00 bits per heavy atom. The molecule has 5 nitrogen and oxygen atoms in total. The lowest BCUT2D eigenvalue weighted by Crippen LogP contribution is -2.31. The van der Waals surface area contributed by atoms with Crippen molar-refractivity contribution in [2.24, 2.45) is 0 Å². The van der Waals surface area contributed by atoms with E-state index < -0.39 is 0 Å². The Balaban J connectivity index is 2.38. The summed E-state index contributed by atoms with van der Waals surface area (Å²) in [5, 5.41) is 27.3. The molecule has 0 unspecified atom stereocenters. The summed E-state index contributed by atoms with van der Waals surface area (Å²) in [6, 6.07) is 4.05. The van der Waals surface area contributed by atoms with Gasteiger partial charge in [-0.15, -0.1) is 0 Å². The topological polar surface area (TPSA) is 80.4 Å². The van der Waals surface area contributed by atoms with Gasteiger partial charge in [-0.25, -0.2) is 4.98 Å². The van der Waals surface area contributed by atoms with E-state index in [0.29, 0.717) is 24.5 Å². The second-order valence-corrected chi connectivity index (χ2v) is 4.36. The van der Waals surface area contributed by atoms with Crippen LogP contribution in [0.4, 0.5) is 5.82 Å². The molecule has 2 rings (SSSR count). The van der Waals surface area contributed by atoms with Gasteiger partial charge in [0.2, 0.25) is 0 Å². The first-order valence-corrected chi connectivity index (χ1v) is 6.19. The fourth-order valence-electron chi connectivity index (χ4n) is 2.35. The maximum absolute atomic E-state index is 9.19. The summed E-state index contributed by atoms with van der Waals surface area (Å²) in [6.07, 6.45) is 3.01. The lowest BCUT2D eigenvalue weighted by molar-refractivity contribution is 0.280. The number of aryl methyl sites for hydroxylation is 2. The van der Waals surface area contributed by atoms with Crippen molar-refractivity contribution in [1.82, 2.24) is 4.98 Å². The van der Waals surface area contributed by atoms with Gasteiger partial charge >= 0.3 is 0 Å². The quantitative estimate of drug-likeness (QED) is 0.778. The van der Waals surface area contributed by atoms with Crippen molar-refractivity contribution in [3.05, 3.63) is 22.9 Å². The molecule has 2 N–H and O–H groups in total. The van der Waals surface area contributed by atoms with Crippen LogP contribution in [0.5, 0.6) is 0 Å². The van der Waals surface area contributed by atoms with Crippen LogP contribution in [0.15, 0.2) is 6.07 Å². The van der Waals surface area contributed by atoms with Gasteiger partial charge in [0.25, 0.3) is 0 Å². The van der Waals surface area contributed by atoms with Gasteiger partial charge in [0.15, 0.2) is 0 Å². The van der Waals surface area contributed by atoms with E-state index in [9.17, 15) is 5.26 Å². The highest BCUT2D eigenvalue weighted by Gasteiger charge is 2.19. The molecule has 0 bridgehead atoms. The highest BCUT2D eigenvalue weighted by atomic mass is 16.3. The van der Waals surface area contributed by atoms with E-state index in [-0.39, 0.29) is 13.2 Å². The lowest BCUT2D eigenvalue weighted by atomic mass is 10.1. The van der Waals surface area contributed by atoms with Crippen LogP contribution in [0.3, 0.4) is 0 Å². The number of nitriles is 1.